The van der Waals surface area contributed by atoms with Crippen molar-refractivity contribution in [1.82, 2.24) is 0 Å². The zero-order valence-electron chi connectivity index (χ0n) is 11.0. The molecule has 4 nitrogen and oxygen atoms in total. The number of benzene rings is 1. The fourth-order valence-corrected chi connectivity index (χ4v) is 2.42. The minimum Gasteiger partial charge on any atom is -0.486 e. The fourth-order valence-electron chi connectivity index (χ4n) is 2.42. The van der Waals surface area contributed by atoms with E-state index in [-0.39, 0.29) is 0 Å². The number of ether oxygens (including phenoxy) is 2. The summed E-state index contributed by atoms with van der Waals surface area (Å²) in [6.45, 7) is 6.76. The van der Waals surface area contributed by atoms with Crippen LogP contribution in [0.25, 0.3) is 0 Å². The third-order valence-corrected chi connectivity index (χ3v) is 3.97. The lowest BCUT2D eigenvalue weighted by Gasteiger charge is -2.20. The molecule has 2 aliphatic rings. The molecular formula is C14H20N2O2. The number of nitrogens with two attached hydrogens (primary N) is 1. The number of fused-ring (bicyclic) bond motifs is 1. The third-order valence-electron chi connectivity index (χ3n) is 3.97. The van der Waals surface area contributed by atoms with Crippen LogP contribution in [0.15, 0.2) is 12.1 Å². The summed E-state index contributed by atoms with van der Waals surface area (Å²) in [5.74, 6) is 2.27. The SMILES string of the molecule is CC1(C)CC1CNc1cc2c(cc1N)OCCO2. The first kappa shape index (κ1) is 11.5. The number of hydrogen-bond donors (Lipinski definition) is 2. The smallest absolute Gasteiger partial charge is 0.163 e. The molecular weight excluding hydrogens is 228 g/mol. The summed E-state index contributed by atoms with van der Waals surface area (Å²) in [5.41, 5.74) is 8.17. The highest BCUT2D eigenvalue weighted by atomic mass is 16.6. The molecule has 3 rings (SSSR count). The predicted molar refractivity (Wildman–Crippen MR) is 72.2 cm³/mol. The molecule has 1 fully saturated rings. The van der Waals surface area contributed by atoms with Gasteiger partial charge in [0, 0.05) is 18.7 Å². The largest absolute Gasteiger partial charge is 0.486 e. The molecule has 4 heteroatoms. The molecule has 0 amide bonds. The van der Waals surface area contributed by atoms with Crippen molar-refractivity contribution in [1.29, 1.82) is 0 Å². The van der Waals surface area contributed by atoms with Gasteiger partial charge in [-0.1, -0.05) is 13.8 Å². The minimum atomic E-state index is 0.482. The van der Waals surface area contributed by atoms with Crippen molar-refractivity contribution < 1.29 is 9.47 Å². The van der Waals surface area contributed by atoms with Crippen LogP contribution < -0.4 is 20.5 Å². The molecule has 1 aromatic rings. The van der Waals surface area contributed by atoms with Crippen LogP contribution in [0.1, 0.15) is 20.3 Å². The first-order chi connectivity index (χ1) is 8.56. The predicted octanol–water partition coefficient (Wildman–Crippen LogP) is 2.50. The van der Waals surface area contributed by atoms with Gasteiger partial charge in [-0.15, -0.1) is 0 Å². The Bertz CT molecular complexity index is 471. The molecule has 0 aromatic heterocycles. The first-order valence-corrected chi connectivity index (χ1v) is 6.49. The Balaban J connectivity index is 1.72. The number of anilines is 2. The van der Waals surface area contributed by atoms with Crippen molar-refractivity contribution in [3.05, 3.63) is 12.1 Å². The molecule has 18 heavy (non-hydrogen) atoms. The van der Waals surface area contributed by atoms with Gasteiger partial charge in [0.25, 0.3) is 0 Å². The van der Waals surface area contributed by atoms with Crippen LogP contribution in [0.3, 0.4) is 0 Å². The van der Waals surface area contributed by atoms with E-state index in [0.29, 0.717) is 18.6 Å². The Morgan fingerprint density at radius 3 is 2.50 bits per heavy atom. The van der Waals surface area contributed by atoms with Gasteiger partial charge in [0.1, 0.15) is 13.2 Å². The molecule has 1 unspecified atom stereocenters. The maximum atomic E-state index is 6.02. The van der Waals surface area contributed by atoms with Crippen molar-refractivity contribution >= 4 is 11.4 Å². The average Bonchev–Trinajstić information content (AvgIpc) is 2.94. The lowest BCUT2D eigenvalue weighted by Crippen LogP contribution is -2.16. The van der Waals surface area contributed by atoms with Crippen molar-refractivity contribution in [3.63, 3.8) is 0 Å². The van der Waals surface area contributed by atoms with Crippen LogP contribution in [0.4, 0.5) is 11.4 Å². The highest BCUT2D eigenvalue weighted by Crippen LogP contribution is 2.51. The highest BCUT2D eigenvalue weighted by Gasteiger charge is 2.45. The van der Waals surface area contributed by atoms with Crippen LogP contribution in [0, 0.1) is 11.3 Å². The fraction of sp³-hybridized carbons (Fsp3) is 0.571. The van der Waals surface area contributed by atoms with Gasteiger partial charge >= 0.3 is 0 Å². The van der Waals surface area contributed by atoms with E-state index >= 15 is 0 Å². The van der Waals surface area contributed by atoms with Gasteiger partial charge in [0.05, 0.1) is 11.4 Å². The third kappa shape index (κ3) is 2.07. The first-order valence-electron chi connectivity index (χ1n) is 6.49. The molecule has 0 saturated heterocycles. The molecule has 1 aromatic carbocycles. The van der Waals surface area contributed by atoms with Crippen LogP contribution >= 0.6 is 0 Å². The summed E-state index contributed by atoms with van der Waals surface area (Å²) in [6, 6.07) is 3.79. The topological polar surface area (TPSA) is 56.5 Å². The Labute approximate surface area is 107 Å². The highest BCUT2D eigenvalue weighted by molar-refractivity contribution is 5.72. The second-order valence-electron chi connectivity index (χ2n) is 5.85. The van der Waals surface area contributed by atoms with Crippen LogP contribution in [0.2, 0.25) is 0 Å². The van der Waals surface area contributed by atoms with Crippen molar-refractivity contribution in [2.75, 3.05) is 30.8 Å². The molecule has 1 aliphatic heterocycles. The van der Waals surface area contributed by atoms with Crippen molar-refractivity contribution in [2.24, 2.45) is 11.3 Å². The maximum absolute atomic E-state index is 6.02. The normalized spacial score (nSPS) is 23.6. The number of rotatable bonds is 3. The Morgan fingerprint density at radius 1 is 1.28 bits per heavy atom. The lowest BCUT2D eigenvalue weighted by molar-refractivity contribution is 0.172. The molecule has 1 heterocycles. The van der Waals surface area contributed by atoms with Crippen molar-refractivity contribution in [3.8, 4) is 11.5 Å². The Hall–Kier alpha value is -1.58. The minimum absolute atomic E-state index is 0.482. The van der Waals surface area contributed by atoms with E-state index in [1.165, 1.54) is 6.42 Å². The maximum Gasteiger partial charge on any atom is 0.163 e. The Kier molecular flexibility index (Phi) is 2.54. The molecule has 0 bridgehead atoms. The summed E-state index contributed by atoms with van der Waals surface area (Å²) in [5, 5.41) is 3.42. The quantitative estimate of drug-likeness (QED) is 0.807. The summed E-state index contributed by atoms with van der Waals surface area (Å²) in [4.78, 5) is 0. The van der Waals surface area contributed by atoms with E-state index in [1.807, 2.05) is 12.1 Å². The van der Waals surface area contributed by atoms with Gasteiger partial charge in [0.2, 0.25) is 0 Å². The lowest BCUT2D eigenvalue weighted by atomic mass is 10.1. The van der Waals surface area contributed by atoms with Crippen LogP contribution in [0.5, 0.6) is 11.5 Å². The standard InChI is InChI=1S/C14H20N2O2/c1-14(2)7-9(14)8-16-11-6-13-12(5-10(11)15)17-3-4-18-13/h5-6,9,16H,3-4,7-8,15H2,1-2H3. The van der Waals surface area contributed by atoms with Gasteiger partial charge in [-0.3, -0.25) is 0 Å². The molecule has 1 aliphatic carbocycles. The number of nitrogen functional groups attached to an aromatic ring is 1. The van der Waals surface area contributed by atoms with Crippen molar-refractivity contribution in [2.45, 2.75) is 20.3 Å². The number of hydrogen-bond acceptors (Lipinski definition) is 4. The average molecular weight is 248 g/mol. The van der Waals surface area contributed by atoms with Crippen LogP contribution in [-0.4, -0.2) is 19.8 Å². The second kappa shape index (κ2) is 3.97. The van der Waals surface area contributed by atoms with E-state index in [4.69, 9.17) is 15.2 Å². The zero-order chi connectivity index (χ0) is 12.8. The molecule has 98 valence electrons. The van der Waals surface area contributed by atoms with E-state index in [0.717, 1.165) is 35.3 Å². The van der Waals surface area contributed by atoms with Gasteiger partial charge in [-0.25, -0.2) is 0 Å². The van der Waals surface area contributed by atoms with Gasteiger partial charge < -0.3 is 20.5 Å². The van der Waals surface area contributed by atoms with Gasteiger partial charge in [-0.2, -0.15) is 0 Å². The molecule has 1 atom stereocenters. The number of nitrogens with one attached hydrogen (secondary N) is 1. The summed E-state index contributed by atoms with van der Waals surface area (Å²) in [6.07, 6.45) is 1.28. The van der Waals surface area contributed by atoms with Gasteiger partial charge in [-0.05, 0) is 17.8 Å². The summed E-state index contributed by atoms with van der Waals surface area (Å²) in [7, 11) is 0. The van der Waals surface area contributed by atoms with Crippen LogP contribution in [-0.2, 0) is 0 Å². The van der Waals surface area contributed by atoms with Gasteiger partial charge in [0.15, 0.2) is 11.5 Å². The monoisotopic (exact) mass is 248 g/mol. The zero-order valence-corrected chi connectivity index (χ0v) is 11.0. The van der Waals surface area contributed by atoms with E-state index < -0.39 is 0 Å². The Morgan fingerprint density at radius 2 is 1.89 bits per heavy atom. The van der Waals surface area contributed by atoms with E-state index in [1.54, 1.807) is 0 Å². The molecule has 3 N–H and O–H groups in total. The summed E-state index contributed by atoms with van der Waals surface area (Å²) >= 11 is 0. The van der Waals surface area contributed by atoms with E-state index in [9.17, 15) is 0 Å². The molecule has 0 spiro atoms. The second-order valence-corrected chi connectivity index (χ2v) is 5.85. The molecule has 1 saturated carbocycles. The summed E-state index contributed by atoms with van der Waals surface area (Å²) < 4.78 is 11.1. The molecule has 0 radical (unpaired) electrons. The van der Waals surface area contributed by atoms with E-state index in [2.05, 4.69) is 19.2 Å².